The number of amides is 2. The van der Waals surface area contributed by atoms with E-state index >= 15 is 0 Å². The van der Waals surface area contributed by atoms with E-state index in [0.717, 1.165) is 0 Å². The number of hydrogen-bond acceptors (Lipinski definition) is 7. The number of carbonyl (C=O) groups is 2. The second-order valence-electron chi connectivity index (χ2n) is 4.22. The van der Waals surface area contributed by atoms with E-state index in [1.54, 1.807) is 13.8 Å². The van der Waals surface area contributed by atoms with E-state index in [2.05, 4.69) is 25.8 Å². The van der Waals surface area contributed by atoms with Crippen molar-refractivity contribution in [1.82, 2.24) is 25.8 Å². The molecule has 114 valence electrons. The number of carbonyl (C=O) groups excluding carboxylic acids is 2. The normalized spacial score (nSPS) is 18.2. The van der Waals surface area contributed by atoms with Crippen molar-refractivity contribution < 1.29 is 14.3 Å². The minimum atomic E-state index is -0.456. The highest BCUT2D eigenvalue weighted by Crippen LogP contribution is 2.21. The maximum Gasteiger partial charge on any atom is 0.337 e. The van der Waals surface area contributed by atoms with E-state index in [-0.39, 0.29) is 18.6 Å². The molecule has 0 fully saturated rings. The van der Waals surface area contributed by atoms with Gasteiger partial charge >= 0.3 is 12.0 Å². The smallest absolute Gasteiger partial charge is 0.337 e. The molecule has 0 bridgehead atoms. The van der Waals surface area contributed by atoms with E-state index in [4.69, 9.17) is 10.5 Å². The Bertz CT molecular complexity index is 584. The molecular formula is C11H16N6O3S. The highest BCUT2D eigenvalue weighted by molar-refractivity contribution is 7.99. The summed E-state index contributed by atoms with van der Waals surface area (Å²) in [6.45, 7) is 3.71. The molecule has 2 amide bonds. The summed E-state index contributed by atoms with van der Waals surface area (Å²) in [7, 11) is 0. The van der Waals surface area contributed by atoms with Gasteiger partial charge in [0.2, 0.25) is 11.1 Å². The number of hydrogen-bond donors (Lipinski definition) is 4. The fourth-order valence-electron chi connectivity index (χ4n) is 1.85. The molecule has 1 atom stereocenters. The number of nitrogens with two attached hydrogens (primary N) is 1. The molecule has 21 heavy (non-hydrogen) atoms. The van der Waals surface area contributed by atoms with Gasteiger partial charge in [-0.25, -0.2) is 14.7 Å². The monoisotopic (exact) mass is 312 g/mol. The molecule has 9 nitrogen and oxygen atoms in total. The van der Waals surface area contributed by atoms with E-state index in [0.29, 0.717) is 22.2 Å². The quantitative estimate of drug-likeness (QED) is 0.444. The van der Waals surface area contributed by atoms with Crippen molar-refractivity contribution in [3.63, 3.8) is 0 Å². The number of nitrogens with one attached hydrogen (secondary N) is 3. The van der Waals surface area contributed by atoms with Gasteiger partial charge < -0.3 is 21.1 Å². The van der Waals surface area contributed by atoms with Crippen LogP contribution >= 0.6 is 11.8 Å². The van der Waals surface area contributed by atoms with Gasteiger partial charge in [-0.2, -0.15) is 4.98 Å². The number of urea groups is 1. The minimum Gasteiger partial charge on any atom is -0.463 e. The number of aromatic nitrogens is 3. The molecule has 1 aromatic heterocycles. The third-order valence-electron chi connectivity index (χ3n) is 2.69. The molecule has 0 aliphatic carbocycles. The fraction of sp³-hybridized carbons (Fsp3) is 0.455. The first-order valence-electron chi connectivity index (χ1n) is 6.29. The van der Waals surface area contributed by atoms with Crippen LogP contribution in [0.5, 0.6) is 0 Å². The van der Waals surface area contributed by atoms with Gasteiger partial charge in [0, 0.05) is 11.4 Å². The third kappa shape index (κ3) is 3.66. The average molecular weight is 312 g/mol. The molecule has 1 aliphatic heterocycles. The Labute approximate surface area is 125 Å². The Morgan fingerprint density at radius 1 is 1.52 bits per heavy atom. The Morgan fingerprint density at radius 3 is 2.90 bits per heavy atom. The number of nitrogens with zero attached hydrogens (tertiary/aromatic N) is 2. The standard InChI is InChI=1S/C11H16N6O3S/c1-3-20-8(18)7-5(2)13-10(19)14-6(7)4-21-11-15-9(12)16-17-11/h5H,3-4H2,1-2H3,(H2,13,14,19)(H3,12,15,16,17)/t5-/m0/s1. The van der Waals surface area contributed by atoms with E-state index in [1.807, 2.05) is 0 Å². The second kappa shape index (κ2) is 6.48. The molecule has 2 heterocycles. The third-order valence-corrected chi connectivity index (χ3v) is 3.57. The summed E-state index contributed by atoms with van der Waals surface area (Å²) >= 11 is 1.25. The molecule has 10 heteroatoms. The van der Waals surface area contributed by atoms with Gasteiger partial charge in [-0.3, -0.25) is 0 Å². The highest BCUT2D eigenvalue weighted by Gasteiger charge is 2.29. The summed E-state index contributed by atoms with van der Waals surface area (Å²) in [6, 6.07) is -0.786. The van der Waals surface area contributed by atoms with Crippen LogP contribution in [-0.2, 0) is 9.53 Å². The molecule has 0 aromatic carbocycles. The number of thioether (sulfide) groups is 1. The lowest BCUT2D eigenvalue weighted by molar-refractivity contribution is -0.138. The number of anilines is 1. The molecule has 1 aliphatic rings. The molecule has 5 N–H and O–H groups in total. The first-order valence-corrected chi connectivity index (χ1v) is 7.28. The fourth-order valence-corrected chi connectivity index (χ4v) is 2.63. The lowest BCUT2D eigenvalue weighted by Crippen LogP contribution is -2.49. The molecule has 0 saturated heterocycles. The molecule has 0 unspecified atom stereocenters. The van der Waals surface area contributed by atoms with Crippen molar-refractivity contribution in [2.75, 3.05) is 18.1 Å². The molecule has 1 aromatic rings. The molecule has 0 spiro atoms. The Balaban J connectivity index is 2.18. The number of H-pyrrole nitrogens is 1. The summed E-state index contributed by atoms with van der Waals surface area (Å²) in [5, 5.41) is 12.1. The zero-order valence-corrected chi connectivity index (χ0v) is 12.4. The first kappa shape index (κ1) is 15.2. The maximum atomic E-state index is 12.0. The van der Waals surface area contributed by atoms with Crippen LogP contribution < -0.4 is 16.4 Å². The zero-order chi connectivity index (χ0) is 15.4. The lowest BCUT2D eigenvalue weighted by atomic mass is 10.1. The summed E-state index contributed by atoms with van der Waals surface area (Å²) in [5.74, 6) is 0.0749. The SMILES string of the molecule is CCOC(=O)C1=C(CSc2n[nH]c(N)n2)NC(=O)N[C@H]1C. The largest absolute Gasteiger partial charge is 0.463 e. The van der Waals surface area contributed by atoms with Gasteiger partial charge in [-0.15, -0.1) is 5.10 Å². The van der Waals surface area contributed by atoms with E-state index in [1.165, 1.54) is 11.8 Å². The van der Waals surface area contributed by atoms with Crippen LogP contribution in [0.25, 0.3) is 0 Å². The zero-order valence-electron chi connectivity index (χ0n) is 11.6. The van der Waals surface area contributed by atoms with E-state index < -0.39 is 12.0 Å². The molecule has 2 rings (SSSR count). The van der Waals surface area contributed by atoms with Crippen molar-refractivity contribution in [2.24, 2.45) is 0 Å². The van der Waals surface area contributed by atoms with Crippen LogP contribution in [0.15, 0.2) is 16.4 Å². The van der Waals surface area contributed by atoms with Crippen molar-refractivity contribution >= 4 is 29.7 Å². The number of ether oxygens (including phenoxy) is 1. The summed E-state index contributed by atoms with van der Waals surface area (Å²) in [4.78, 5) is 27.5. The van der Waals surface area contributed by atoms with Gasteiger partial charge in [0.1, 0.15) is 0 Å². The second-order valence-corrected chi connectivity index (χ2v) is 5.17. The predicted octanol–water partition coefficient (Wildman–Crippen LogP) is -0.00250. The number of aromatic amines is 1. The molecule has 0 radical (unpaired) electrons. The topological polar surface area (TPSA) is 135 Å². The van der Waals surface area contributed by atoms with Gasteiger partial charge in [0.25, 0.3) is 0 Å². The van der Waals surface area contributed by atoms with Crippen molar-refractivity contribution in [2.45, 2.75) is 25.0 Å². The van der Waals surface area contributed by atoms with Crippen LogP contribution in [-0.4, -0.2) is 45.6 Å². The Kier molecular flexibility index (Phi) is 4.68. The van der Waals surface area contributed by atoms with Crippen molar-refractivity contribution in [1.29, 1.82) is 0 Å². The average Bonchev–Trinajstić information content (AvgIpc) is 2.81. The van der Waals surface area contributed by atoms with Gasteiger partial charge in [0.15, 0.2) is 0 Å². The number of nitrogen functional groups attached to an aromatic ring is 1. The Hall–Kier alpha value is -2.23. The summed E-state index contributed by atoms with van der Waals surface area (Å²) in [5.41, 5.74) is 6.32. The summed E-state index contributed by atoms with van der Waals surface area (Å²) < 4.78 is 5.02. The van der Waals surface area contributed by atoms with Crippen LogP contribution in [0.4, 0.5) is 10.7 Å². The first-order chi connectivity index (χ1) is 10.0. The number of rotatable bonds is 5. The molecule has 0 saturated carbocycles. The minimum absolute atomic E-state index is 0.208. The predicted molar refractivity (Wildman–Crippen MR) is 76.3 cm³/mol. The van der Waals surface area contributed by atoms with Gasteiger partial charge in [-0.1, -0.05) is 11.8 Å². The van der Waals surface area contributed by atoms with Gasteiger partial charge in [-0.05, 0) is 13.8 Å². The van der Waals surface area contributed by atoms with Crippen LogP contribution in [0.1, 0.15) is 13.8 Å². The highest BCUT2D eigenvalue weighted by atomic mass is 32.2. The molecular weight excluding hydrogens is 296 g/mol. The maximum absolute atomic E-state index is 12.0. The van der Waals surface area contributed by atoms with Crippen LogP contribution in [0.2, 0.25) is 0 Å². The van der Waals surface area contributed by atoms with Gasteiger partial charge in [0.05, 0.1) is 18.2 Å². The van der Waals surface area contributed by atoms with Crippen LogP contribution in [0, 0.1) is 0 Å². The van der Waals surface area contributed by atoms with Crippen LogP contribution in [0.3, 0.4) is 0 Å². The number of esters is 1. The van der Waals surface area contributed by atoms with Crippen molar-refractivity contribution in [3.05, 3.63) is 11.3 Å². The van der Waals surface area contributed by atoms with E-state index in [9.17, 15) is 9.59 Å². The Morgan fingerprint density at radius 2 is 2.29 bits per heavy atom. The lowest BCUT2D eigenvalue weighted by Gasteiger charge is -2.26. The van der Waals surface area contributed by atoms with Crippen molar-refractivity contribution in [3.8, 4) is 0 Å². The summed E-state index contributed by atoms with van der Waals surface area (Å²) in [6.07, 6.45) is 0.